The van der Waals surface area contributed by atoms with Gasteiger partial charge in [-0.1, -0.05) is 30.3 Å². The van der Waals surface area contributed by atoms with E-state index in [2.05, 4.69) is 26.6 Å². The van der Waals surface area contributed by atoms with Gasteiger partial charge in [-0.05, 0) is 43.2 Å². The van der Waals surface area contributed by atoms with Crippen LogP contribution in [0.1, 0.15) is 21.5 Å². The number of hydrogen-bond donors (Lipinski definition) is 2. The van der Waals surface area contributed by atoms with Crippen LogP contribution in [-0.4, -0.2) is 37.9 Å². The third-order valence-electron chi connectivity index (χ3n) is 4.69. The molecule has 0 fully saturated rings. The summed E-state index contributed by atoms with van der Waals surface area (Å²) < 4.78 is 33.6. The number of amides is 1. The van der Waals surface area contributed by atoms with Crippen molar-refractivity contribution in [2.75, 3.05) is 18.4 Å². The topological polar surface area (TPSA) is 110 Å². The molecule has 3 rings (SSSR count). The van der Waals surface area contributed by atoms with Gasteiger partial charge in [0.25, 0.3) is 15.9 Å². The van der Waals surface area contributed by atoms with E-state index in [1.165, 1.54) is 37.5 Å². The van der Waals surface area contributed by atoms with Crippen LogP contribution in [0.15, 0.2) is 66.1 Å². The second-order valence-corrected chi connectivity index (χ2v) is 8.70. The molecule has 0 radical (unpaired) electrons. The van der Waals surface area contributed by atoms with Gasteiger partial charge in [-0.3, -0.25) is 4.79 Å². The van der Waals surface area contributed by atoms with E-state index in [-0.39, 0.29) is 28.8 Å². The molecule has 2 N–H and O–H groups in total. The SMILES string of the molecule is C=CCNC(=O)c1cccc(S(=O)(=O)Nc2nc(OC)cc(-c3c(C)cccc3C)n2)c1. The van der Waals surface area contributed by atoms with Crippen LogP contribution in [-0.2, 0) is 10.0 Å². The van der Waals surface area contributed by atoms with E-state index in [9.17, 15) is 13.2 Å². The van der Waals surface area contributed by atoms with Crippen molar-refractivity contribution in [3.05, 3.63) is 77.9 Å². The minimum absolute atomic E-state index is 0.0937. The van der Waals surface area contributed by atoms with Gasteiger partial charge in [0.2, 0.25) is 11.8 Å². The fourth-order valence-corrected chi connectivity index (χ4v) is 4.16. The number of aromatic nitrogens is 2. The van der Waals surface area contributed by atoms with E-state index in [0.29, 0.717) is 5.69 Å². The lowest BCUT2D eigenvalue weighted by molar-refractivity contribution is 0.0958. The van der Waals surface area contributed by atoms with Crippen molar-refractivity contribution in [2.24, 2.45) is 0 Å². The van der Waals surface area contributed by atoms with E-state index in [1.807, 2.05) is 32.0 Å². The third-order valence-corrected chi connectivity index (χ3v) is 6.01. The third kappa shape index (κ3) is 5.12. The average molecular weight is 453 g/mol. The molecule has 1 amide bonds. The zero-order valence-electron chi connectivity index (χ0n) is 18.0. The van der Waals surface area contributed by atoms with Crippen molar-refractivity contribution in [3.63, 3.8) is 0 Å². The molecule has 32 heavy (non-hydrogen) atoms. The van der Waals surface area contributed by atoms with Crippen LogP contribution >= 0.6 is 0 Å². The summed E-state index contributed by atoms with van der Waals surface area (Å²) in [5.41, 5.74) is 3.57. The molecular weight excluding hydrogens is 428 g/mol. The molecule has 0 unspecified atom stereocenters. The molecule has 1 heterocycles. The predicted octanol–water partition coefficient (Wildman–Crippen LogP) is 3.49. The summed E-state index contributed by atoms with van der Waals surface area (Å²) in [5, 5.41) is 2.61. The van der Waals surface area contributed by atoms with Crippen molar-refractivity contribution in [1.29, 1.82) is 0 Å². The number of carbonyl (C=O) groups excluding carboxylic acids is 1. The first kappa shape index (κ1) is 23.0. The molecule has 2 aromatic carbocycles. The Morgan fingerprint density at radius 3 is 2.44 bits per heavy atom. The lowest BCUT2D eigenvalue weighted by Crippen LogP contribution is -2.23. The smallest absolute Gasteiger partial charge is 0.264 e. The number of ether oxygens (including phenoxy) is 1. The first-order chi connectivity index (χ1) is 15.2. The first-order valence-corrected chi connectivity index (χ1v) is 11.2. The minimum atomic E-state index is -4.06. The van der Waals surface area contributed by atoms with E-state index < -0.39 is 15.9 Å². The second-order valence-electron chi connectivity index (χ2n) is 7.02. The summed E-state index contributed by atoms with van der Waals surface area (Å²) in [7, 11) is -2.62. The van der Waals surface area contributed by atoms with Crippen molar-refractivity contribution in [3.8, 4) is 17.1 Å². The zero-order chi connectivity index (χ0) is 23.3. The average Bonchev–Trinajstić information content (AvgIpc) is 2.77. The van der Waals surface area contributed by atoms with Crippen LogP contribution < -0.4 is 14.8 Å². The minimum Gasteiger partial charge on any atom is -0.481 e. The molecule has 0 saturated heterocycles. The van der Waals surface area contributed by atoms with Crippen LogP contribution in [0.5, 0.6) is 5.88 Å². The number of benzene rings is 2. The van der Waals surface area contributed by atoms with E-state index >= 15 is 0 Å². The maximum absolute atomic E-state index is 13.0. The number of rotatable bonds is 8. The highest BCUT2D eigenvalue weighted by molar-refractivity contribution is 7.92. The summed E-state index contributed by atoms with van der Waals surface area (Å²) in [6.45, 7) is 7.71. The Balaban J connectivity index is 1.98. The van der Waals surface area contributed by atoms with E-state index in [1.54, 1.807) is 6.07 Å². The molecule has 0 saturated carbocycles. The monoisotopic (exact) mass is 452 g/mol. The molecule has 1 aromatic heterocycles. The van der Waals surface area contributed by atoms with E-state index in [4.69, 9.17) is 4.74 Å². The standard InChI is InChI=1S/C23H24N4O4S/c1-5-12-24-22(28)17-10-7-11-18(13-17)32(29,30)27-23-25-19(14-20(26-23)31-4)21-15(2)8-6-9-16(21)3/h5-11,13-14H,1,12H2,2-4H3,(H,24,28)(H,25,26,27). The molecule has 0 bridgehead atoms. The molecule has 0 aliphatic heterocycles. The highest BCUT2D eigenvalue weighted by atomic mass is 32.2. The molecule has 166 valence electrons. The van der Waals surface area contributed by atoms with Crippen molar-refractivity contribution in [1.82, 2.24) is 15.3 Å². The van der Waals surface area contributed by atoms with Gasteiger partial charge in [0.15, 0.2) is 0 Å². The Morgan fingerprint density at radius 2 is 1.78 bits per heavy atom. The highest BCUT2D eigenvalue weighted by Gasteiger charge is 2.20. The summed E-state index contributed by atoms with van der Waals surface area (Å²) in [6.07, 6.45) is 1.54. The number of hydrogen-bond acceptors (Lipinski definition) is 6. The lowest BCUT2D eigenvalue weighted by Gasteiger charge is -2.13. The van der Waals surface area contributed by atoms with Gasteiger partial charge in [0.05, 0.1) is 17.7 Å². The Morgan fingerprint density at radius 1 is 1.09 bits per heavy atom. The fraction of sp³-hybridized carbons (Fsp3) is 0.174. The van der Waals surface area contributed by atoms with Gasteiger partial charge in [-0.15, -0.1) is 6.58 Å². The summed E-state index contributed by atoms with van der Waals surface area (Å²) >= 11 is 0. The van der Waals surface area contributed by atoms with Crippen molar-refractivity contribution >= 4 is 21.9 Å². The molecule has 0 aliphatic rings. The quantitative estimate of drug-likeness (QED) is 0.506. The Hall–Kier alpha value is -3.72. The highest BCUT2D eigenvalue weighted by Crippen LogP contribution is 2.29. The van der Waals surface area contributed by atoms with Crippen molar-refractivity contribution < 1.29 is 17.9 Å². The predicted molar refractivity (Wildman–Crippen MR) is 123 cm³/mol. The number of nitrogens with one attached hydrogen (secondary N) is 2. The van der Waals surface area contributed by atoms with Gasteiger partial charge in [0, 0.05) is 23.7 Å². The normalized spacial score (nSPS) is 11.0. The fourth-order valence-electron chi connectivity index (χ4n) is 3.17. The van der Waals surface area contributed by atoms with Gasteiger partial charge >= 0.3 is 0 Å². The molecule has 8 nitrogen and oxygen atoms in total. The molecule has 3 aromatic rings. The number of carbonyl (C=O) groups is 1. The Kier molecular flexibility index (Phi) is 6.89. The maximum atomic E-state index is 13.0. The second kappa shape index (κ2) is 9.61. The van der Waals surface area contributed by atoms with Gasteiger partial charge in [0.1, 0.15) is 0 Å². The molecule has 0 aliphatic carbocycles. The molecule has 9 heteroatoms. The van der Waals surface area contributed by atoms with Gasteiger partial charge in [-0.25, -0.2) is 18.1 Å². The number of sulfonamides is 1. The number of aryl methyl sites for hydroxylation is 2. The summed E-state index contributed by atoms with van der Waals surface area (Å²) in [6, 6.07) is 13.2. The van der Waals surface area contributed by atoms with Gasteiger partial charge in [-0.2, -0.15) is 4.98 Å². The number of nitrogens with zero attached hydrogens (tertiary/aromatic N) is 2. The Labute approximate surface area is 187 Å². The van der Waals surface area contributed by atoms with Crippen LogP contribution in [0.4, 0.5) is 5.95 Å². The van der Waals surface area contributed by atoms with Crippen LogP contribution in [0, 0.1) is 13.8 Å². The molecular formula is C23H24N4O4S. The Bertz CT molecular complexity index is 1250. The molecule has 0 atom stereocenters. The van der Waals surface area contributed by atoms with Crippen LogP contribution in [0.2, 0.25) is 0 Å². The maximum Gasteiger partial charge on any atom is 0.264 e. The number of methoxy groups -OCH3 is 1. The first-order valence-electron chi connectivity index (χ1n) is 9.77. The molecule has 0 spiro atoms. The van der Waals surface area contributed by atoms with Gasteiger partial charge < -0.3 is 10.1 Å². The number of anilines is 1. The zero-order valence-corrected chi connectivity index (χ0v) is 18.9. The largest absolute Gasteiger partial charge is 0.481 e. The van der Waals surface area contributed by atoms with E-state index in [0.717, 1.165) is 16.7 Å². The van der Waals surface area contributed by atoms with Crippen LogP contribution in [0.3, 0.4) is 0 Å². The van der Waals surface area contributed by atoms with Crippen LogP contribution in [0.25, 0.3) is 11.3 Å². The summed E-state index contributed by atoms with van der Waals surface area (Å²) in [4.78, 5) is 20.6. The summed E-state index contributed by atoms with van der Waals surface area (Å²) in [5.74, 6) is -0.326. The van der Waals surface area contributed by atoms with Crippen molar-refractivity contribution in [2.45, 2.75) is 18.7 Å². The lowest BCUT2D eigenvalue weighted by atomic mass is 10.00.